The highest BCUT2D eigenvalue weighted by molar-refractivity contribution is 8.16. The largest absolute Gasteiger partial charge is 0.508 e. The van der Waals surface area contributed by atoms with Gasteiger partial charge in [-0.3, -0.25) is 14.5 Å². The van der Waals surface area contributed by atoms with E-state index in [4.69, 9.17) is 9.84 Å². The molecule has 9 nitrogen and oxygen atoms in total. The Morgan fingerprint density at radius 1 is 1.24 bits per heavy atom. The van der Waals surface area contributed by atoms with Gasteiger partial charge < -0.3 is 20.1 Å². The van der Waals surface area contributed by atoms with Crippen molar-refractivity contribution < 1.29 is 29.6 Å². The number of carbonyl (C=O) groups excluding carboxylic acids is 1. The Hall–Kier alpha value is -3.53. The second kappa shape index (κ2) is 8.65. The molecular weight excluding hydrogens is 398 g/mol. The number of nitrogens with zero attached hydrogens (tertiary/aromatic N) is 3. The van der Waals surface area contributed by atoms with Gasteiger partial charge in [0, 0.05) is 0 Å². The number of aliphatic carboxylic acids is 1. The number of aromatic hydroxyl groups is 2. The van der Waals surface area contributed by atoms with E-state index in [0.29, 0.717) is 11.3 Å². The smallest absolute Gasteiger partial charge is 0.305 e. The number of methoxy groups -OCH3 is 1. The van der Waals surface area contributed by atoms with Crippen molar-refractivity contribution in [2.75, 3.05) is 12.0 Å². The van der Waals surface area contributed by atoms with Gasteiger partial charge in [0.15, 0.2) is 16.7 Å². The molecule has 2 aromatic rings. The lowest BCUT2D eigenvalue weighted by Crippen LogP contribution is -2.32. The minimum absolute atomic E-state index is 0.0112. The average Bonchev–Trinajstić information content (AvgIpc) is 2.98. The number of phenols is 2. The summed E-state index contributed by atoms with van der Waals surface area (Å²) in [7, 11) is 1.43. The molecule has 10 heteroatoms. The van der Waals surface area contributed by atoms with Gasteiger partial charge in [-0.25, -0.2) is 0 Å². The molecule has 2 aromatic carbocycles. The van der Waals surface area contributed by atoms with E-state index in [1.165, 1.54) is 48.6 Å². The van der Waals surface area contributed by atoms with Gasteiger partial charge in [0.05, 0.1) is 25.4 Å². The van der Waals surface area contributed by atoms with Crippen LogP contribution < -0.4 is 9.64 Å². The number of benzene rings is 2. The van der Waals surface area contributed by atoms with Crippen LogP contribution in [-0.2, 0) is 9.59 Å². The summed E-state index contributed by atoms with van der Waals surface area (Å²) in [6.07, 6.45) is 1.06. The van der Waals surface area contributed by atoms with Crippen molar-refractivity contribution in [3.63, 3.8) is 0 Å². The predicted molar refractivity (Wildman–Crippen MR) is 109 cm³/mol. The number of thioether (sulfide) groups is 1. The number of ether oxygens (including phenoxy) is 1. The summed E-state index contributed by atoms with van der Waals surface area (Å²) in [6, 6.07) is 10.5. The second-order valence-electron chi connectivity index (χ2n) is 5.95. The number of anilines is 1. The van der Waals surface area contributed by atoms with Gasteiger partial charge in [-0.1, -0.05) is 11.8 Å². The zero-order valence-electron chi connectivity index (χ0n) is 15.2. The Kier molecular flexibility index (Phi) is 6.03. The van der Waals surface area contributed by atoms with E-state index >= 15 is 0 Å². The van der Waals surface area contributed by atoms with Gasteiger partial charge in [-0.15, -0.1) is 5.10 Å². The second-order valence-corrected chi connectivity index (χ2v) is 7.12. The van der Waals surface area contributed by atoms with Crippen LogP contribution in [-0.4, -0.2) is 50.9 Å². The zero-order chi connectivity index (χ0) is 21.0. The molecule has 0 unspecified atom stereocenters. The van der Waals surface area contributed by atoms with Crippen LogP contribution in [0.4, 0.5) is 5.69 Å². The SMILES string of the molecule is COc1cc(C=NN=C2S[C@H](CC(=O)O)C(=O)N2c2ccc(O)cc2)ccc1O. The van der Waals surface area contributed by atoms with E-state index in [2.05, 4.69) is 10.2 Å². The van der Waals surface area contributed by atoms with Crippen LogP contribution in [0.15, 0.2) is 52.7 Å². The summed E-state index contributed by atoms with van der Waals surface area (Å²) >= 11 is 1.00. The molecular formula is C19H17N3O6S. The lowest BCUT2D eigenvalue weighted by molar-refractivity contribution is -0.138. The van der Waals surface area contributed by atoms with Gasteiger partial charge in [0.1, 0.15) is 11.0 Å². The van der Waals surface area contributed by atoms with Crippen LogP contribution in [0.5, 0.6) is 17.2 Å². The molecule has 150 valence electrons. The van der Waals surface area contributed by atoms with E-state index < -0.39 is 17.1 Å². The van der Waals surface area contributed by atoms with Crippen molar-refractivity contribution >= 4 is 40.7 Å². The van der Waals surface area contributed by atoms with E-state index in [0.717, 1.165) is 11.8 Å². The summed E-state index contributed by atoms with van der Waals surface area (Å²) in [6.45, 7) is 0. The van der Waals surface area contributed by atoms with Crippen LogP contribution in [0.2, 0.25) is 0 Å². The molecule has 1 saturated heterocycles. The normalized spacial score (nSPS) is 18.0. The number of hydrogen-bond donors (Lipinski definition) is 3. The molecule has 0 saturated carbocycles. The van der Waals surface area contributed by atoms with E-state index in [1.54, 1.807) is 12.1 Å². The fraction of sp³-hybridized carbons (Fsp3) is 0.158. The Bertz CT molecular complexity index is 990. The third kappa shape index (κ3) is 4.66. The molecule has 1 aliphatic heterocycles. The first kappa shape index (κ1) is 20.2. The van der Waals surface area contributed by atoms with Gasteiger partial charge in [-0.05, 0) is 48.0 Å². The Labute approximate surface area is 170 Å². The molecule has 0 aromatic heterocycles. The Morgan fingerprint density at radius 3 is 2.62 bits per heavy atom. The van der Waals surface area contributed by atoms with Crippen molar-refractivity contribution in [2.45, 2.75) is 11.7 Å². The number of carboxylic acids is 1. The topological polar surface area (TPSA) is 132 Å². The maximum absolute atomic E-state index is 12.7. The van der Waals surface area contributed by atoms with Crippen molar-refractivity contribution in [1.29, 1.82) is 0 Å². The number of carboxylic acid groups (broad SMARTS) is 1. The van der Waals surface area contributed by atoms with E-state index in [9.17, 15) is 19.8 Å². The molecule has 1 aliphatic rings. The number of amidine groups is 1. The zero-order valence-corrected chi connectivity index (χ0v) is 16.0. The molecule has 0 radical (unpaired) electrons. The molecule has 29 heavy (non-hydrogen) atoms. The first-order valence-corrected chi connectivity index (χ1v) is 9.26. The molecule has 1 fully saturated rings. The predicted octanol–water partition coefficient (Wildman–Crippen LogP) is 2.42. The van der Waals surface area contributed by atoms with Crippen molar-refractivity contribution in [3.05, 3.63) is 48.0 Å². The maximum Gasteiger partial charge on any atom is 0.305 e. The highest BCUT2D eigenvalue weighted by Gasteiger charge is 2.40. The van der Waals surface area contributed by atoms with Gasteiger partial charge in [0.25, 0.3) is 0 Å². The average molecular weight is 415 g/mol. The molecule has 1 amide bonds. The minimum Gasteiger partial charge on any atom is -0.508 e. The van der Waals surface area contributed by atoms with Crippen molar-refractivity contribution in [2.24, 2.45) is 10.2 Å². The van der Waals surface area contributed by atoms with Crippen LogP contribution in [0.3, 0.4) is 0 Å². The minimum atomic E-state index is -1.09. The molecule has 0 aliphatic carbocycles. The highest BCUT2D eigenvalue weighted by Crippen LogP contribution is 2.34. The number of amides is 1. The number of rotatable bonds is 6. The quantitative estimate of drug-likeness (QED) is 0.487. The van der Waals surface area contributed by atoms with Gasteiger partial charge >= 0.3 is 5.97 Å². The van der Waals surface area contributed by atoms with Crippen molar-refractivity contribution in [1.82, 2.24) is 0 Å². The third-order valence-electron chi connectivity index (χ3n) is 3.96. The maximum atomic E-state index is 12.7. The first-order valence-electron chi connectivity index (χ1n) is 8.38. The van der Waals surface area contributed by atoms with Crippen LogP contribution in [0, 0.1) is 0 Å². The summed E-state index contributed by atoms with van der Waals surface area (Å²) in [5.41, 5.74) is 1.05. The number of carbonyl (C=O) groups is 2. The van der Waals surface area contributed by atoms with Crippen LogP contribution in [0.25, 0.3) is 0 Å². The van der Waals surface area contributed by atoms with E-state index in [-0.39, 0.29) is 28.8 Å². The molecule has 0 bridgehead atoms. The lowest BCUT2D eigenvalue weighted by atomic mass is 10.2. The molecule has 3 N–H and O–H groups in total. The molecule has 1 heterocycles. The summed E-state index contributed by atoms with van der Waals surface area (Å²) in [4.78, 5) is 25.0. The fourth-order valence-electron chi connectivity index (χ4n) is 2.58. The summed E-state index contributed by atoms with van der Waals surface area (Å²) in [5, 5.41) is 35.6. The number of hydrogen-bond acceptors (Lipinski definition) is 8. The van der Waals surface area contributed by atoms with Crippen LogP contribution in [0.1, 0.15) is 12.0 Å². The summed E-state index contributed by atoms with van der Waals surface area (Å²) in [5.74, 6) is -1.22. The van der Waals surface area contributed by atoms with E-state index in [1.807, 2.05) is 0 Å². The fourth-order valence-corrected chi connectivity index (χ4v) is 3.66. The Balaban J connectivity index is 1.89. The number of phenolic OH excluding ortho intramolecular Hbond substituents is 2. The van der Waals surface area contributed by atoms with Gasteiger partial charge in [0.2, 0.25) is 5.91 Å². The standard InChI is InChI=1S/C19H17N3O6S/c1-28-15-8-11(2-7-14(15)24)10-20-21-19-22(12-3-5-13(23)6-4-12)18(27)16(29-19)9-17(25)26/h2-8,10,16,23-24H,9H2,1H3,(H,25,26)/t16-/m1/s1. The van der Waals surface area contributed by atoms with Crippen LogP contribution >= 0.6 is 11.8 Å². The highest BCUT2D eigenvalue weighted by atomic mass is 32.2. The lowest BCUT2D eigenvalue weighted by Gasteiger charge is -2.15. The monoisotopic (exact) mass is 415 g/mol. The first-order chi connectivity index (χ1) is 13.9. The van der Waals surface area contributed by atoms with Gasteiger partial charge in [-0.2, -0.15) is 5.10 Å². The van der Waals surface area contributed by atoms with Crippen molar-refractivity contribution in [3.8, 4) is 17.2 Å². The molecule has 0 spiro atoms. The molecule has 1 atom stereocenters. The summed E-state index contributed by atoms with van der Waals surface area (Å²) < 4.78 is 5.03. The molecule has 3 rings (SSSR count). The Morgan fingerprint density at radius 2 is 1.97 bits per heavy atom. The third-order valence-corrected chi connectivity index (χ3v) is 5.08.